The summed E-state index contributed by atoms with van der Waals surface area (Å²) < 4.78 is 5.11. The lowest BCUT2D eigenvalue weighted by atomic mass is 10.0. The van der Waals surface area contributed by atoms with Gasteiger partial charge in [0.15, 0.2) is 0 Å². The molecule has 0 aromatic heterocycles. The molecular formula is C22H24ClN3O3. The zero-order valence-corrected chi connectivity index (χ0v) is 17.1. The summed E-state index contributed by atoms with van der Waals surface area (Å²) in [6, 6.07) is 15.2. The third-order valence-electron chi connectivity index (χ3n) is 5.53. The van der Waals surface area contributed by atoms with Crippen LogP contribution in [0.15, 0.2) is 48.5 Å². The van der Waals surface area contributed by atoms with Crippen molar-refractivity contribution in [2.75, 3.05) is 25.0 Å². The number of piperidine rings is 1. The summed E-state index contributed by atoms with van der Waals surface area (Å²) in [5.41, 5.74) is 2.60. The summed E-state index contributed by atoms with van der Waals surface area (Å²) in [4.78, 5) is 28.9. The van der Waals surface area contributed by atoms with Crippen LogP contribution in [0, 0.1) is 0 Å². The van der Waals surface area contributed by atoms with Crippen LogP contribution in [0.5, 0.6) is 0 Å². The molecule has 0 radical (unpaired) electrons. The van der Waals surface area contributed by atoms with Gasteiger partial charge < -0.3 is 19.9 Å². The fourth-order valence-electron chi connectivity index (χ4n) is 4.11. The molecule has 2 aromatic rings. The van der Waals surface area contributed by atoms with Gasteiger partial charge in [-0.2, -0.15) is 0 Å². The Hall–Kier alpha value is -2.73. The predicted molar refractivity (Wildman–Crippen MR) is 112 cm³/mol. The molecule has 7 heteroatoms. The minimum atomic E-state index is -0.280. The Bertz CT molecular complexity index is 894. The lowest BCUT2D eigenvalue weighted by Crippen LogP contribution is -2.49. The Kier molecular flexibility index (Phi) is 5.62. The highest BCUT2D eigenvalue weighted by atomic mass is 35.5. The standard InChI is InChI=1S/C22H24ClN3O3/c1-2-29-22(28)25-13-11-17(12-14-25)26-20(24-16-9-7-15(23)8-10-16)18-5-3-4-6-19(18)21(26)27/h3-10,17,20,24H,2,11-14H2,1H3. The molecule has 0 bridgehead atoms. The van der Waals surface area contributed by atoms with Crippen molar-refractivity contribution in [1.82, 2.24) is 9.80 Å². The van der Waals surface area contributed by atoms with Gasteiger partial charge in [-0.1, -0.05) is 29.8 Å². The average molecular weight is 414 g/mol. The van der Waals surface area contributed by atoms with Gasteiger partial charge in [0.1, 0.15) is 6.17 Å². The molecule has 0 aliphatic carbocycles. The Morgan fingerprint density at radius 2 is 1.83 bits per heavy atom. The number of hydrogen-bond acceptors (Lipinski definition) is 4. The Labute approximate surface area is 175 Å². The number of fused-ring (bicyclic) bond motifs is 1. The lowest BCUT2D eigenvalue weighted by molar-refractivity contribution is 0.0496. The van der Waals surface area contributed by atoms with E-state index in [9.17, 15) is 9.59 Å². The van der Waals surface area contributed by atoms with Crippen molar-refractivity contribution in [3.05, 3.63) is 64.7 Å². The number of carbonyl (C=O) groups excluding carboxylic acids is 2. The number of likely N-dealkylation sites (tertiary alicyclic amines) is 1. The molecule has 1 N–H and O–H groups in total. The van der Waals surface area contributed by atoms with E-state index >= 15 is 0 Å². The van der Waals surface area contributed by atoms with Crippen LogP contribution in [0.1, 0.15) is 41.9 Å². The predicted octanol–water partition coefficient (Wildman–Crippen LogP) is 4.53. The summed E-state index contributed by atoms with van der Waals surface area (Å²) in [7, 11) is 0. The molecule has 2 amide bonds. The number of anilines is 1. The third-order valence-corrected chi connectivity index (χ3v) is 5.78. The van der Waals surface area contributed by atoms with Gasteiger partial charge in [-0.05, 0) is 50.1 Å². The van der Waals surface area contributed by atoms with Crippen molar-refractivity contribution in [2.45, 2.75) is 32.0 Å². The van der Waals surface area contributed by atoms with Crippen molar-refractivity contribution >= 4 is 29.3 Å². The fraction of sp³-hybridized carbons (Fsp3) is 0.364. The summed E-state index contributed by atoms with van der Waals surface area (Å²) in [6.45, 7) is 3.33. The van der Waals surface area contributed by atoms with Crippen LogP contribution in [0.2, 0.25) is 5.02 Å². The topological polar surface area (TPSA) is 61.9 Å². The van der Waals surface area contributed by atoms with E-state index in [-0.39, 0.29) is 24.2 Å². The molecule has 1 fully saturated rings. The quantitative estimate of drug-likeness (QED) is 0.800. The second-order valence-corrected chi connectivity index (χ2v) is 7.71. The van der Waals surface area contributed by atoms with Gasteiger partial charge in [0.25, 0.3) is 5.91 Å². The molecule has 1 atom stereocenters. The van der Waals surface area contributed by atoms with Crippen molar-refractivity contribution in [2.24, 2.45) is 0 Å². The molecule has 0 spiro atoms. The first-order valence-electron chi connectivity index (χ1n) is 9.94. The molecular weight excluding hydrogens is 390 g/mol. The Morgan fingerprint density at radius 3 is 2.52 bits per heavy atom. The molecule has 2 heterocycles. The summed E-state index contributed by atoms with van der Waals surface area (Å²) in [5.74, 6) is 0.0293. The van der Waals surface area contributed by atoms with Gasteiger partial charge in [-0.3, -0.25) is 4.79 Å². The summed E-state index contributed by atoms with van der Waals surface area (Å²) in [6.07, 6.45) is 0.908. The van der Waals surface area contributed by atoms with Gasteiger partial charge in [0, 0.05) is 41.0 Å². The van der Waals surface area contributed by atoms with E-state index in [4.69, 9.17) is 16.3 Å². The Morgan fingerprint density at radius 1 is 1.14 bits per heavy atom. The van der Waals surface area contributed by atoms with Gasteiger partial charge >= 0.3 is 6.09 Å². The Balaban J connectivity index is 1.55. The van der Waals surface area contributed by atoms with E-state index < -0.39 is 0 Å². The highest BCUT2D eigenvalue weighted by Gasteiger charge is 2.42. The number of benzene rings is 2. The van der Waals surface area contributed by atoms with Crippen LogP contribution in [0.3, 0.4) is 0 Å². The van der Waals surface area contributed by atoms with Crippen LogP contribution >= 0.6 is 11.6 Å². The van der Waals surface area contributed by atoms with Crippen LogP contribution in [-0.4, -0.2) is 47.5 Å². The zero-order chi connectivity index (χ0) is 20.4. The number of halogens is 1. The molecule has 1 saturated heterocycles. The smallest absolute Gasteiger partial charge is 0.409 e. The molecule has 29 heavy (non-hydrogen) atoms. The number of nitrogens with one attached hydrogen (secondary N) is 1. The van der Waals surface area contributed by atoms with E-state index in [2.05, 4.69) is 5.32 Å². The molecule has 6 nitrogen and oxygen atoms in total. The third kappa shape index (κ3) is 3.90. The monoisotopic (exact) mass is 413 g/mol. The van der Waals surface area contributed by atoms with Crippen LogP contribution in [-0.2, 0) is 4.74 Å². The molecule has 4 rings (SSSR count). The van der Waals surface area contributed by atoms with Gasteiger partial charge in [-0.15, -0.1) is 0 Å². The van der Waals surface area contributed by atoms with Gasteiger partial charge in [0.2, 0.25) is 0 Å². The number of amides is 2. The second kappa shape index (κ2) is 8.33. The normalized spacial score (nSPS) is 19.2. The van der Waals surface area contributed by atoms with Crippen LogP contribution in [0.4, 0.5) is 10.5 Å². The molecule has 1 unspecified atom stereocenters. The minimum Gasteiger partial charge on any atom is -0.450 e. The highest BCUT2D eigenvalue weighted by Crippen LogP contribution is 2.38. The number of rotatable bonds is 4. The number of hydrogen-bond donors (Lipinski definition) is 1. The van der Waals surface area contributed by atoms with Crippen molar-refractivity contribution < 1.29 is 14.3 Å². The summed E-state index contributed by atoms with van der Waals surface area (Å²) >= 11 is 6.01. The number of nitrogens with zero attached hydrogens (tertiary/aromatic N) is 2. The number of ether oxygens (including phenoxy) is 1. The van der Waals surface area contributed by atoms with Crippen LogP contribution < -0.4 is 5.32 Å². The average Bonchev–Trinajstić information content (AvgIpc) is 3.02. The molecule has 0 saturated carbocycles. The zero-order valence-electron chi connectivity index (χ0n) is 16.3. The van der Waals surface area contributed by atoms with E-state index in [1.54, 1.807) is 11.8 Å². The fourth-order valence-corrected chi connectivity index (χ4v) is 4.23. The maximum absolute atomic E-state index is 13.2. The van der Waals surface area contributed by atoms with E-state index in [0.717, 1.165) is 29.7 Å². The first-order chi connectivity index (χ1) is 14.1. The molecule has 152 valence electrons. The minimum absolute atomic E-state index is 0.0293. The van der Waals surface area contributed by atoms with Crippen molar-refractivity contribution in [1.29, 1.82) is 0 Å². The first-order valence-corrected chi connectivity index (χ1v) is 10.3. The highest BCUT2D eigenvalue weighted by molar-refractivity contribution is 6.30. The van der Waals surface area contributed by atoms with E-state index in [1.165, 1.54) is 0 Å². The lowest BCUT2D eigenvalue weighted by Gasteiger charge is -2.39. The second-order valence-electron chi connectivity index (χ2n) is 7.27. The summed E-state index contributed by atoms with van der Waals surface area (Å²) in [5, 5.41) is 4.17. The van der Waals surface area contributed by atoms with E-state index in [1.807, 2.05) is 53.4 Å². The van der Waals surface area contributed by atoms with Crippen LogP contribution in [0.25, 0.3) is 0 Å². The van der Waals surface area contributed by atoms with E-state index in [0.29, 0.717) is 24.7 Å². The van der Waals surface area contributed by atoms with Gasteiger partial charge in [-0.25, -0.2) is 4.79 Å². The first kappa shape index (κ1) is 19.6. The maximum Gasteiger partial charge on any atom is 0.409 e. The number of carbonyl (C=O) groups is 2. The van der Waals surface area contributed by atoms with Crippen molar-refractivity contribution in [3.8, 4) is 0 Å². The van der Waals surface area contributed by atoms with Crippen molar-refractivity contribution in [3.63, 3.8) is 0 Å². The van der Waals surface area contributed by atoms with Gasteiger partial charge in [0.05, 0.1) is 6.61 Å². The largest absolute Gasteiger partial charge is 0.450 e. The molecule has 2 aromatic carbocycles. The SMILES string of the molecule is CCOC(=O)N1CCC(N2C(=O)c3ccccc3C2Nc2ccc(Cl)cc2)CC1. The maximum atomic E-state index is 13.2. The molecule has 2 aliphatic rings. The molecule has 2 aliphatic heterocycles.